The minimum absolute atomic E-state index is 0.138. The van der Waals surface area contributed by atoms with Gasteiger partial charge in [-0.25, -0.2) is 4.90 Å². The number of halogens is 1. The van der Waals surface area contributed by atoms with Crippen molar-refractivity contribution in [2.45, 2.75) is 40.0 Å². The molecule has 6 unspecified atom stereocenters. The predicted octanol–water partition coefficient (Wildman–Crippen LogP) is 7.17. The van der Waals surface area contributed by atoms with E-state index in [0.717, 1.165) is 26.1 Å². The first kappa shape index (κ1) is 36.1. The number of carbonyl (C=O) groups is 4. The molecular formula is C41H41ClN4O7S. The van der Waals surface area contributed by atoms with Gasteiger partial charge in [0.2, 0.25) is 29.4 Å². The third kappa shape index (κ3) is 5.16. The van der Waals surface area contributed by atoms with Gasteiger partial charge in [0.25, 0.3) is 0 Å². The quantitative estimate of drug-likeness (QED) is 0.148. The Balaban J connectivity index is 1.23. The zero-order valence-corrected chi connectivity index (χ0v) is 32.5. The van der Waals surface area contributed by atoms with Crippen LogP contribution in [-0.4, -0.2) is 64.2 Å². The summed E-state index contributed by atoms with van der Waals surface area (Å²) in [4.78, 5) is 60.9. The first-order valence-corrected chi connectivity index (χ1v) is 19.3. The lowest BCUT2D eigenvalue weighted by atomic mass is 9.52. The minimum Gasteiger partial charge on any atom is -0.502 e. The number of benzene rings is 2. The number of methoxy groups -OCH3 is 2. The first-order valence-electron chi connectivity index (χ1n) is 18.1. The molecule has 0 spiro atoms. The zero-order chi connectivity index (χ0) is 38.4. The number of allylic oxidation sites excluding steroid dienone is 3. The van der Waals surface area contributed by atoms with E-state index in [2.05, 4.69) is 0 Å². The lowest BCUT2D eigenvalue weighted by molar-refractivity contribution is -0.140. The number of amides is 4. The number of ether oxygens (including phenoxy) is 2. The van der Waals surface area contributed by atoms with Gasteiger partial charge in [-0.1, -0.05) is 42.3 Å². The summed E-state index contributed by atoms with van der Waals surface area (Å²) in [5, 5.41) is 17.0. The van der Waals surface area contributed by atoms with Crippen LogP contribution in [0.1, 0.15) is 44.2 Å². The fraction of sp³-hybridized carbons (Fsp3) is 0.390. The molecule has 2 saturated heterocycles. The Morgan fingerprint density at radius 1 is 1.04 bits per heavy atom. The maximum Gasteiger partial charge on any atom is 0.242 e. The maximum atomic E-state index is 15.0. The number of nitrogens with zero attached hydrogens (tertiary/aromatic N) is 4. The summed E-state index contributed by atoms with van der Waals surface area (Å²) in [5.74, 6) is -3.32. The van der Waals surface area contributed by atoms with E-state index in [-0.39, 0.29) is 47.3 Å². The molecule has 0 bridgehead atoms. The molecule has 4 aromatic rings. The average molecular weight is 769 g/mol. The van der Waals surface area contributed by atoms with Crippen LogP contribution in [0, 0.1) is 41.9 Å². The Bertz CT molecular complexity index is 2320. The fourth-order valence-corrected chi connectivity index (χ4v) is 10.7. The van der Waals surface area contributed by atoms with E-state index in [1.807, 2.05) is 57.2 Å². The van der Waals surface area contributed by atoms with Crippen molar-refractivity contribution in [3.8, 4) is 27.8 Å². The van der Waals surface area contributed by atoms with Gasteiger partial charge in [-0.05, 0) is 85.9 Å². The Morgan fingerprint density at radius 2 is 1.76 bits per heavy atom. The number of phenolic OH excluding ortho intramolecular Hbond substituents is 1. The van der Waals surface area contributed by atoms with Crippen molar-refractivity contribution < 1.29 is 33.8 Å². The van der Waals surface area contributed by atoms with Crippen LogP contribution in [0.5, 0.6) is 17.2 Å². The molecule has 4 heterocycles. The summed E-state index contributed by atoms with van der Waals surface area (Å²) in [5.41, 5.74) is 1.95. The van der Waals surface area contributed by atoms with E-state index in [4.69, 9.17) is 26.2 Å². The van der Waals surface area contributed by atoms with E-state index in [1.165, 1.54) is 24.0 Å². The van der Waals surface area contributed by atoms with Crippen molar-refractivity contribution in [2.24, 2.45) is 42.1 Å². The largest absolute Gasteiger partial charge is 0.502 e. The van der Waals surface area contributed by atoms with Crippen LogP contribution < -0.4 is 14.4 Å². The molecular weight excluding hydrogens is 728 g/mol. The second-order valence-electron chi connectivity index (χ2n) is 14.9. The highest BCUT2D eigenvalue weighted by atomic mass is 35.5. The summed E-state index contributed by atoms with van der Waals surface area (Å²) in [6.45, 7) is 6.14. The number of aryl methyl sites for hydroxylation is 2. The summed E-state index contributed by atoms with van der Waals surface area (Å²) in [6.07, 6.45) is 7.06. The van der Waals surface area contributed by atoms with E-state index in [0.29, 0.717) is 41.5 Å². The van der Waals surface area contributed by atoms with Crippen molar-refractivity contribution in [1.29, 1.82) is 0 Å². The number of aromatic nitrogens is 2. The van der Waals surface area contributed by atoms with E-state index in [9.17, 15) is 19.5 Å². The number of hydrogen-bond donors (Lipinski definition) is 1. The summed E-state index contributed by atoms with van der Waals surface area (Å²) < 4.78 is 13.4. The van der Waals surface area contributed by atoms with Crippen molar-refractivity contribution in [3.63, 3.8) is 0 Å². The SMILES string of the molecule is CCCN1C(=O)C2CC=C3C(CC4C(=O)N(c5cc(-c6sc7ccc(Cl)cc7c6C)nn5C)C(=O)C4(C)C3C=Cc3cc(OC)c(O)c(OC)c3)C2C1=O. The molecule has 280 valence electrons. The van der Waals surface area contributed by atoms with Gasteiger partial charge >= 0.3 is 0 Å². The van der Waals surface area contributed by atoms with Gasteiger partial charge in [-0.2, -0.15) is 5.10 Å². The van der Waals surface area contributed by atoms with Crippen LogP contribution in [0.2, 0.25) is 5.02 Å². The van der Waals surface area contributed by atoms with Gasteiger partial charge in [0.15, 0.2) is 11.5 Å². The third-order valence-electron chi connectivity index (χ3n) is 12.1. The van der Waals surface area contributed by atoms with Crippen LogP contribution in [0.25, 0.3) is 26.7 Å². The molecule has 4 aliphatic rings. The highest BCUT2D eigenvalue weighted by Crippen LogP contribution is 2.61. The fourth-order valence-electron chi connectivity index (χ4n) is 9.38. The highest BCUT2D eigenvalue weighted by molar-refractivity contribution is 7.22. The minimum atomic E-state index is -1.22. The Morgan fingerprint density at radius 3 is 2.44 bits per heavy atom. The second kappa shape index (κ2) is 13.1. The number of anilines is 1. The molecule has 54 heavy (non-hydrogen) atoms. The van der Waals surface area contributed by atoms with Crippen molar-refractivity contribution in [2.75, 3.05) is 25.7 Å². The number of carbonyl (C=O) groups excluding carboxylic acids is 4. The first-order chi connectivity index (χ1) is 25.8. The van der Waals surface area contributed by atoms with Gasteiger partial charge in [0.05, 0.1) is 42.3 Å². The molecule has 4 amide bonds. The second-order valence-corrected chi connectivity index (χ2v) is 16.4. The smallest absolute Gasteiger partial charge is 0.242 e. The van der Waals surface area contributed by atoms with Gasteiger partial charge in [0.1, 0.15) is 11.5 Å². The van der Waals surface area contributed by atoms with Crippen LogP contribution >= 0.6 is 22.9 Å². The molecule has 3 fully saturated rings. The lowest BCUT2D eigenvalue weighted by Crippen LogP contribution is -2.49. The number of likely N-dealkylation sites (tertiary alicyclic amines) is 1. The van der Waals surface area contributed by atoms with Crippen LogP contribution in [0.15, 0.2) is 54.1 Å². The molecule has 6 atom stereocenters. The van der Waals surface area contributed by atoms with Crippen LogP contribution in [0.4, 0.5) is 5.82 Å². The van der Waals surface area contributed by atoms with Gasteiger partial charge < -0.3 is 14.6 Å². The molecule has 2 aromatic carbocycles. The molecule has 1 saturated carbocycles. The Labute approximate surface area is 321 Å². The standard InChI is InChI=1S/C41H41ClN4O7S/c1-7-14-45-37(48)24-11-10-23-26(34(24)39(45)50)18-28-38(49)46(33-19-29(43-44(33)4)36-20(2)25-17-22(42)9-13-32(25)54-36)40(51)41(28,3)27(23)12-8-21-15-30(52-5)35(47)31(16-21)53-6/h8-10,12-13,15-17,19,24,26-28,34,47H,7,11,14,18H2,1-6H3. The normalized spacial score (nSPS) is 26.5. The number of fused-ring (bicyclic) bond motifs is 5. The monoisotopic (exact) mass is 768 g/mol. The molecule has 2 aliphatic heterocycles. The highest BCUT2D eigenvalue weighted by Gasteiger charge is 2.67. The molecule has 13 heteroatoms. The average Bonchev–Trinajstić information content (AvgIpc) is 3.82. The third-order valence-corrected chi connectivity index (χ3v) is 13.6. The predicted molar refractivity (Wildman–Crippen MR) is 206 cm³/mol. The van der Waals surface area contributed by atoms with E-state index >= 15 is 4.79 Å². The maximum absolute atomic E-state index is 15.0. The molecule has 0 radical (unpaired) electrons. The van der Waals surface area contributed by atoms with Crippen LogP contribution in [0.3, 0.4) is 0 Å². The molecule has 11 nitrogen and oxygen atoms in total. The molecule has 8 rings (SSSR count). The van der Waals surface area contributed by atoms with Crippen molar-refractivity contribution in [1.82, 2.24) is 14.7 Å². The van der Waals surface area contributed by atoms with Crippen molar-refractivity contribution >= 4 is 68.5 Å². The molecule has 1 N–H and O–H groups in total. The van der Waals surface area contributed by atoms with Gasteiger partial charge in [-0.3, -0.25) is 28.8 Å². The van der Waals surface area contributed by atoms with Gasteiger partial charge in [0, 0.05) is 35.3 Å². The number of hydrogen-bond acceptors (Lipinski definition) is 9. The number of imide groups is 2. The lowest BCUT2D eigenvalue weighted by Gasteiger charge is -2.47. The zero-order valence-electron chi connectivity index (χ0n) is 30.9. The Hall–Kier alpha value is -4.94. The summed E-state index contributed by atoms with van der Waals surface area (Å²) in [7, 11) is 4.62. The van der Waals surface area contributed by atoms with Crippen molar-refractivity contribution in [3.05, 3.63) is 70.3 Å². The molecule has 2 aromatic heterocycles. The summed E-state index contributed by atoms with van der Waals surface area (Å²) >= 11 is 7.89. The number of thiophene rings is 1. The van der Waals surface area contributed by atoms with Crippen LogP contribution in [-0.2, 0) is 26.2 Å². The number of phenols is 1. The summed E-state index contributed by atoms with van der Waals surface area (Å²) in [6, 6.07) is 10.9. The van der Waals surface area contributed by atoms with E-state index in [1.54, 1.807) is 41.3 Å². The molecule has 2 aliphatic carbocycles. The Kier molecular flexibility index (Phi) is 8.76. The van der Waals surface area contributed by atoms with Gasteiger partial charge in [-0.15, -0.1) is 11.3 Å². The number of rotatable bonds is 8. The number of aromatic hydroxyl groups is 1. The van der Waals surface area contributed by atoms with E-state index < -0.39 is 35.0 Å². The topological polar surface area (TPSA) is 131 Å².